The molecule has 1 N–H and O–H groups in total. The van der Waals surface area contributed by atoms with Crippen molar-refractivity contribution in [2.45, 2.75) is 58.0 Å². The molecule has 0 spiro atoms. The van der Waals surface area contributed by atoms with Gasteiger partial charge in [0.25, 0.3) is 0 Å². The number of cyclic esters (lactones) is 1. The van der Waals surface area contributed by atoms with E-state index in [1.54, 1.807) is 6.07 Å². The summed E-state index contributed by atoms with van der Waals surface area (Å²) in [6, 6.07) is 5.18. The van der Waals surface area contributed by atoms with Crippen molar-refractivity contribution in [1.29, 1.82) is 0 Å². The molecule has 3 nitrogen and oxygen atoms in total. The first kappa shape index (κ1) is 13.9. The third kappa shape index (κ3) is 3.28. The lowest BCUT2D eigenvalue weighted by atomic mass is 9.99. The predicted molar refractivity (Wildman–Crippen MR) is 74.3 cm³/mol. The van der Waals surface area contributed by atoms with E-state index in [-0.39, 0.29) is 17.8 Å². The smallest absolute Gasteiger partial charge is 0.342 e. The molecule has 0 fully saturated rings. The van der Waals surface area contributed by atoms with Crippen LogP contribution in [0.15, 0.2) is 18.2 Å². The number of hydrogen-bond acceptors (Lipinski definition) is 3. The highest BCUT2D eigenvalue weighted by Crippen LogP contribution is 2.38. The summed E-state index contributed by atoms with van der Waals surface area (Å²) in [4.78, 5) is 11.7. The van der Waals surface area contributed by atoms with Crippen molar-refractivity contribution in [2.75, 3.05) is 0 Å². The summed E-state index contributed by atoms with van der Waals surface area (Å²) in [6.07, 6.45) is 8.04. The summed E-state index contributed by atoms with van der Waals surface area (Å²) in [5.41, 5.74) is 1.21. The minimum atomic E-state index is -0.385. The second-order valence-electron chi connectivity index (χ2n) is 5.19. The molecule has 0 unspecified atom stereocenters. The molecule has 1 atom stereocenters. The quantitative estimate of drug-likeness (QED) is 0.587. The number of phenols is 1. The molecule has 1 aliphatic rings. The number of carbonyl (C=O) groups is 1. The molecule has 0 saturated carbocycles. The highest BCUT2D eigenvalue weighted by Gasteiger charge is 2.32. The van der Waals surface area contributed by atoms with Crippen LogP contribution in [0.2, 0.25) is 0 Å². The number of benzene rings is 1. The molecular weight excluding hydrogens is 240 g/mol. The number of unbranched alkanes of at least 4 members (excludes halogenated alkanes) is 5. The van der Waals surface area contributed by atoms with Crippen molar-refractivity contribution >= 4 is 5.97 Å². The Kier molecular flexibility index (Phi) is 4.83. The van der Waals surface area contributed by atoms with E-state index < -0.39 is 0 Å². The van der Waals surface area contributed by atoms with Gasteiger partial charge in [0.1, 0.15) is 17.4 Å². The average Bonchev–Trinajstić information content (AvgIpc) is 2.72. The Balaban J connectivity index is 1.84. The van der Waals surface area contributed by atoms with E-state index in [0.29, 0.717) is 5.56 Å². The Labute approximate surface area is 114 Å². The number of carbonyl (C=O) groups excluding carboxylic acids is 1. The van der Waals surface area contributed by atoms with Crippen LogP contribution < -0.4 is 0 Å². The molecule has 0 aromatic heterocycles. The molecule has 19 heavy (non-hydrogen) atoms. The third-order valence-electron chi connectivity index (χ3n) is 3.69. The molecule has 0 saturated heterocycles. The lowest BCUT2D eigenvalue weighted by Gasteiger charge is -2.10. The Hall–Kier alpha value is -1.51. The molecule has 1 aliphatic heterocycles. The Morgan fingerprint density at radius 3 is 2.68 bits per heavy atom. The normalized spacial score (nSPS) is 17.3. The van der Waals surface area contributed by atoms with Gasteiger partial charge in [-0.15, -0.1) is 0 Å². The van der Waals surface area contributed by atoms with E-state index >= 15 is 0 Å². The highest BCUT2D eigenvalue weighted by molar-refractivity contribution is 5.96. The zero-order valence-electron chi connectivity index (χ0n) is 11.5. The van der Waals surface area contributed by atoms with Gasteiger partial charge in [0, 0.05) is 5.56 Å². The maximum absolute atomic E-state index is 11.7. The molecule has 1 aromatic rings. The van der Waals surface area contributed by atoms with Crippen LogP contribution in [0.4, 0.5) is 0 Å². The van der Waals surface area contributed by atoms with Gasteiger partial charge in [-0.2, -0.15) is 0 Å². The van der Waals surface area contributed by atoms with Crippen LogP contribution in [0.5, 0.6) is 5.75 Å². The number of ether oxygens (including phenoxy) is 1. The fourth-order valence-corrected chi connectivity index (χ4v) is 2.62. The van der Waals surface area contributed by atoms with Gasteiger partial charge in [0.15, 0.2) is 0 Å². The lowest BCUT2D eigenvalue weighted by molar-refractivity contribution is 0.0362. The molecule has 3 heteroatoms. The van der Waals surface area contributed by atoms with Gasteiger partial charge < -0.3 is 9.84 Å². The first-order chi connectivity index (χ1) is 9.24. The molecule has 0 amide bonds. The zero-order valence-corrected chi connectivity index (χ0v) is 11.5. The lowest BCUT2D eigenvalue weighted by Crippen LogP contribution is -1.98. The van der Waals surface area contributed by atoms with Crippen LogP contribution in [0, 0.1) is 0 Å². The van der Waals surface area contributed by atoms with Crippen molar-refractivity contribution in [2.24, 2.45) is 0 Å². The van der Waals surface area contributed by atoms with E-state index in [2.05, 4.69) is 6.92 Å². The number of esters is 1. The summed E-state index contributed by atoms with van der Waals surface area (Å²) in [7, 11) is 0. The van der Waals surface area contributed by atoms with Gasteiger partial charge in [-0.05, 0) is 18.9 Å². The van der Waals surface area contributed by atoms with Crippen molar-refractivity contribution in [3.05, 3.63) is 29.3 Å². The number of rotatable bonds is 7. The predicted octanol–water partition coefficient (Wildman–Crippen LogP) is 4.35. The van der Waals surface area contributed by atoms with Crippen LogP contribution in [-0.2, 0) is 4.74 Å². The van der Waals surface area contributed by atoms with Gasteiger partial charge in [0.2, 0.25) is 0 Å². The molecular formula is C16H22O3. The number of fused-ring (bicyclic) bond motifs is 1. The maximum atomic E-state index is 11.7. The SMILES string of the molecule is CCCCCCCC[C@H]1OC(=O)c2c(O)cccc21. The van der Waals surface area contributed by atoms with E-state index in [4.69, 9.17) is 4.74 Å². The summed E-state index contributed by atoms with van der Waals surface area (Å²) in [5, 5.41) is 9.69. The Morgan fingerprint density at radius 2 is 1.89 bits per heavy atom. The van der Waals surface area contributed by atoms with Gasteiger partial charge in [0.05, 0.1) is 0 Å². The molecule has 2 rings (SSSR count). The standard InChI is InChI=1S/C16H22O3/c1-2-3-4-5-6-7-11-14-12-9-8-10-13(17)15(12)16(18)19-14/h8-10,14,17H,2-7,11H2,1H3/t14-/m1/s1. The van der Waals surface area contributed by atoms with Crippen molar-refractivity contribution in [1.82, 2.24) is 0 Å². The number of phenolic OH excluding ortho intramolecular Hbond substituents is 1. The van der Waals surface area contributed by atoms with Crippen LogP contribution in [-0.4, -0.2) is 11.1 Å². The van der Waals surface area contributed by atoms with Crippen molar-refractivity contribution in [3.63, 3.8) is 0 Å². The van der Waals surface area contributed by atoms with Crippen molar-refractivity contribution in [3.8, 4) is 5.75 Å². The minimum absolute atomic E-state index is 0.0351. The fraction of sp³-hybridized carbons (Fsp3) is 0.562. The largest absolute Gasteiger partial charge is 0.507 e. The van der Waals surface area contributed by atoms with Crippen LogP contribution in [0.25, 0.3) is 0 Å². The summed E-state index contributed by atoms with van der Waals surface area (Å²) < 4.78 is 5.34. The van der Waals surface area contributed by atoms with Crippen LogP contribution in [0.1, 0.15) is 73.9 Å². The van der Waals surface area contributed by atoms with Gasteiger partial charge >= 0.3 is 5.97 Å². The topological polar surface area (TPSA) is 46.5 Å². The first-order valence-electron chi connectivity index (χ1n) is 7.27. The maximum Gasteiger partial charge on any atom is 0.342 e. The molecule has 0 aliphatic carbocycles. The van der Waals surface area contributed by atoms with E-state index in [1.807, 2.05) is 6.07 Å². The third-order valence-corrected chi connectivity index (χ3v) is 3.69. The minimum Gasteiger partial charge on any atom is -0.507 e. The molecule has 0 bridgehead atoms. The average molecular weight is 262 g/mol. The van der Waals surface area contributed by atoms with E-state index in [1.165, 1.54) is 38.2 Å². The highest BCUT2D eigenvalue weighted by atomic mass is 16.5. The summed E-state index contributed by atoms with van der Waals surface area (Å²) >= 11 is 0. The molecule has 1 heterocycles. The fourth-order valence-electron chi connectivity index (χ4n) is 2.62. The Morgan fingerprint density at radius 1 is 1.16 bits per heavy atom. The van der Waals surface area contributed by atoms with Gasteiger partial charge in [-0.25, -0.2) is 4.79 Å². The summed E-state index contributed by atoms with van der Waals surface area (Å²) in [5.74, 6) is -0.350. The molecule has 0 radical (unpaired) electrons. The first-order valence-corrected chi connectivity index (χ1v) is 7.27. The van der Waals surface area contributed by atoms with Crippen molar-refractivity contribution < 1.29 is 14.6 Å². The van der Waals surface area contributed by atoms with E-state index in [9.17, 15) is 9.90 Å². The second-order valence-corrected chi connectivity index (χ2v) is 5.19. The van der Waals surface area contributed by atoms with Crippen LogP contribution in [0.3, 0.4) is 0 Å². The monoisotopic (exact) mass is 262 g/mol. The van der Waals surface area contributed by atoms with E-state index in [0.717, 1.165) is 18.4 Å². The number of hydrogen-bond donors (Lipinski definition) is 1. The second kappa shape index (κ2) is 6.60. The van der Waals surface area contributed by atoms with Gasteiger partial charge in [-0.3, -0.25) is 0 Å². The molecule has 1 aromatic carbocycles. The molecule has 104 valence electrons. The van der Waals surface area contributed by atoms with Crippen LogP contribution >= 0.6 is 0 Å². The zero-order chi connectivity index (χ0) is 13.7. The number of aromatic hydroxyl groups is 1. The Bertz CT molecular complexity index is 440. The van der Waals surface area contributed by atoms with Gasteiger partial charge in [-0.1, -0.05) is 51.2 Å². The summed E-state index contributed by atoms with van der Waals surface area (Å²) in [6.45, 7) is 2.21.